The summed E-state index contributed by atoms with van der Waals surface area (Å²) in [5.41, 5.74) is 1.51. The van der Waals surface area contributed by atoms with Crippen LogP contribution in [0.2, 0.25) is 0 Å². The van der Waals surface area contributed by atoms with Crippen LogP contribution in [0.15, 0.2) is 36.5 Å². The van der Waals surface area contributed by atoms with Crippen molar-refractivity contribution in [2.45, 2.75) is 0 Å². The van der Waals surface area contributed by atoms with Crippen molar-refractivity contribution in [1.29, 1.82) is 0 Å². The number of aromatic nitrogens is 2. The third kappa shape index (κ3) is 4.74. The van der Waals surface area contributed by atoms with Crippen LogP contribution in [0.1, 0.15) is 10.4 Å². The van der Waals surface area contributed by atoms with E-state index in [0.717, 1.165) is 42.5 Å². The molecule has 0 bridgehead atoms. The topological polar surface area (TPSA) is 61.4 Å². The van der Waals surface area contributed by atoms with Gasteiger partial charge in [-0.25, -0.2) is 9.97 Å². The van der Waals surface area contributed by atoms with Crippen molar-refractivity contribution in [3.05, 3.63) is 42.1 Å². The van der Waals surface area contributed by atoms with Gasteiger partial charge in [0.1, 0.15) is 11.4 Å². The van der Waals surface area contributed by atoms with Crippen LogP contribution in [0, 0.1) is 0 Å². The number of benzene rings is 1. The first-order chi connectivity index (χ1) is 12.6. The minimum Gasteiger partial charge on any atom is -0.354 e. The van der Waals surface area contributed by atoms with Gasteiger partial charge in [0.05, 0.1) is 0 Å². The lowest BCUT2D eigenvalue weighted by atomic mass is 10.2. The van der Waals surface area contributed by atoms with Gasteiger partial charge in [0.25, 0.3) is 5.91 Å². The maximum atomic E-state index is 12.7. The third-order valence-electron chi connectivity index (χ3n) is 4.20. The van der Waals surface area contributed by atoms with Gasteiger partial charge in [-0.1, -0.05) is 30.3 Å². The molecule has 2 aromatic rings. The Bertz CT molecular complexity index is 732. The summed E-state index contributed by atoms with van der Waals surface area (Å²) in [7, 11) is 3.97. The molecule has 1 fully saturated rings. The molecule has 0 atom stereocenters. The second-order valence-corrected chi connectivity index (χ2v) is 7.68. The highest BCUT2D eigenvalue weighted by atomic mass is 32.2. The zero-order valence-corrected chi connectivity index (χ0v) is 16.1. The Kier molecular flexibility index (Phi) is 6.46. The summed E-state index contributed by atoms with van der Waals surface area (Å²) in [6.07, 6.45) is 1.66. The van der Waals surface area contributed by atoms with Crippen molar-refractivity contribution >= 4 is 23.5 Å². The van der Waals surface area contributed by atoms with Crippen LogP contribution in [-0.4, -0.2) is 72.6 Å². The van der Waals surface area contributed by atoms with E-state index in [1.54, 1.807) is 6.20 Å². The highest BCUT2D eigenvalue weighted by molar-refractivity contribution is 7.99. The third-order valence-corrected chi connectivity index (χ3v) is 5.14. The highest BCUT2D eigenvalue weighted by Crippen LogP contribution is 2.24. The zero-order chi connectivity index (χ0) is 18.4. The lowest BCUT2D eigenvalue weighted by Crippen LogP contribution is -2.37. The van der Waals surface area contributed by atoms with Crippen molar-refractivity contribution in [3.8, 4) is 11.4 Å². The Morgan fingerprint density at radius 1 is 1.23 bits per heavy atom. The van der Waals surface area contributed by atoms with Crippen LogP contribution in [-0.2, 0) is 0 Å². The predicted molar refractivity (Wildman–Crippen MR) is 108 cm³/mol. The fourth-order valence-corrected chi connectivity index (χ4v) is 3.67. The highest BCUT2D eigenvalue weighted by Gasteiger charge is 2.22. The number of hydrogen-bond donors (Lipinski definition) is 1. The van der Waals surface area contributed by atoms with E-state index in [1.807, 2.05) is 61.1 Å². The first-order valence-corrected chi connectivity index (χ1v) is 9.98. The molecule has 2 heterocycles. The molecule has 6 nitrogen and oxygen atoms in total. The molecule has 7 heteroatoms. The lowest BCUT2D eigenvalue weighted by molar-refractivity contribution is 0.0951. The molecule has 26 heavy (non-hydrogen) atoms. The quantitative estimate of drug-likeness (QED) is 0.838. The molecule has 0 aliphatic carbocycles. The molecule has 1 aliphatic heterocycles. The number of rotatable bonds is 6. The first-order valence-electron chi connectivity index (χ1n) is 8.83. The van der Waals surface area contributed by atoms with Crippen molar-refractivity contribution in [1.82, 2.24) is 20.2 Å². The van der Waals surface area contributed by atoms with Gasteiger partial charge >= 0.3 is 0 Å². The fraction of sp³-hybridized carbons (Fsp3) is 0.421. The van der Waals surface area contributed by atoms with Crippen molar-refractivity contribution in [3.63, 3.8) is 0 Å². The van der Waals surface area contributed by atoms with E-state index in [1.165, 1.54) is 0 Å². The van der Waals surface area contributed by atoms with Crippen molar-refractivity contribution < 1.29 is 4.79 Å². The lowest BCUT2D eigenvalue weighted by Gasteiger charge is -2.29. The monoisotopic (exact) mass is 371 g/mol. The van der Waals surface area contributed by atoms with Crippen LogP contribution in [0.5, 0.6) is 0 Å². The Morgan fingerprint density at radius 2 is 1.96 bits per heavy atom. The Hall–Kier alpha value is -2.12. The number of nitrogens with one attached hydrogen (secondary N) is 1. The summed E-state index contributed by atoms with van der Waals surface area (Å²) in [6.45, 7) is 3.19. The molecular formula is C19H25N5OS. The van der Waals surface area contributed by atoms with Gasteiger partial charge in [-0.2, -0.15) is 11.8 Å². The Balaban J connectivity index is 1.88. The Labute approximate surface area is 159 Å². The number of likely N-dealkylation sites (N-methyl/N-ethyl adjacent to an activating group) is 1. The van der Waals surface area contributed by atoms with Gasteiger partial charge in [0.15, 0.2) is 5.82 Å². The molecule has 0 radical (unpaired) electrons. The molecule has 0 saturated carbocycles. The molecule has 1 aromatic heterocycles. The van der Waals surface area contributed by atoms with E-state index in [2.05, 4.69) is 15.2 Å². The molecule has 0 unspecified atom stereocenters. The largest absolute Gasteiger partial charge is 0.354 e. The summed E-state index contributed by atoms with van der Waals surface area (Å²) >= 11 is 1.93. The second-order valence-electron chi connectivity index (χ2n) is 6.46. The van der Waals surface area contributed by atoms with Crippen LogP contribution < -0.4 is 10.2 Å². The van der Waals surface area contributed by atoms with E-state index < -0.39 is 0 Å². The van der Waals surface area contributed by atoms with E-state index >= 15 is 0 Å². The fourth-order valence-electron chi connectivity index (χ4n) is 2.76. The summed E-state index contributed by atoms with van der Waals surface area (Å²) in [5, 5.41) is 2.98. The Morgan fingerprint density at radius 3 is 2.65 bits per heavy atom. The SMILES string of the molecule is CN(C)CCNC(=O)c1cnc(-c2ccccc2)nc1N1CCSCC1. The number of nitrogens with zero attached hydrogens (tertiary/aromatic N) is 4. The summed E-state index contributed by atoms with van der Waals surface area (Å²) < 4.78 is 0. The van der Waals surface area contributed by atoms with Gasteiger partial charge in [0, 0.05) is 49.4 Å². The van der Waals surface area contributed by atoms with E-state index in [9.17, 15) is 4.79 Å². The van der Waals surface area contributed by atoms with Gasteiger partial charge in [-0.3, -0.25) is 4.79 Å². The van der Waals surface area contributed by atoms with E-state index in [0.29, 0.717) is 17.9 Å². The standard InChI is InChI=1S/C19H25N5OS/c1-23(2)9-8-20-19(25)16-14-21-17(15-6-4-3-5-7-15)22-18(16)24-10-12-26-13-11-24/h3-7,14H,8-13H2,1-2H3,(H,20,25). The minimum absolute atomic E-state index is 0.111. The molecule has 1 N–H and O–H groups in total. The van der Waals surface area contributed by atoms with Gasteiger partial charge in [-0.05, 0) is 14.1 Å². The first kappa shape index (κ1) is 18.7. The molecule has 138 valence electrons. The van der Waals surface area contributed by atoms with Crippen LogP contribution in [0.3, 0.4) is 0 Å². The van der Waals surface area contributed by atoms with Crippen LogP contribution in [0.4, 0.5) is 5.82 Å². The van der Waals surface area contributed by atoms with Crippen molar-refractivity contribution in [2.75, 3.05) is 56.7 Å². The smallest absolute Gasteiger partial charge is 0.256 e. The second kappa shape index (κ2) is 9.00. The maximum Gasteiger partial charge on any atom is 0.256 e. The molecular weight excluding hydrogens is 346 g/mol. The molecule has 1 aliphatic rings. The van der Waals surface area contributed by atoms with E-state index in [4.69, 9.17) is 4.98 Å². The molecule has 1 amide bonds. The van der Waals surface area contributed by atoms with Gasteiger partial charge < -0.3 is 15.1 Å². The minimum atomic E-state index is -0.111. The summed E-state index contributed by atoms with van der Waals surface area (Å²) in [6, 6.07) is 9.89. The van der Waals surface area contributed by atoms with Gasteiger partial charge in [0.2, 0.25) is 0 Å². The number of anilines is 1. The number of carbonyl (C=O) groups is 1. The van der Waals surface area contributed by atoms with E-state index in [-0.39, 0.29) is 5.91 Å². The zero-order valence-electron chi connectivity index (χ0n) is 15.3. The van der Waals surface area contributed by atoms with Gasteiger partial charge in [-0.15, -0.1) is 0 Å². The average Bonchev–Trinajstić information content (AvgIpc) is 2.68. The molecule has 0 spiro atoms. The molecule has 1 saturated heterocycles. The number of carbonyl (C=O) groups excluding carboxylic acids is 1. The normalized spacial score (nSPS) is 14.5. The number of amides is 1. The van der Waals surface area contributed by atoms with Crippen molar-refractivity contribution in [2.24, 2.45) is 0 Å². The number of hydrogen-bond acceptors (Lipinski definition) is 6. The maximum absolute atomic E-state index is 12.7. The summed E-state index contributed by atoms with van der Waals surface area (Å²) in [5.74, 6) is 3.38. The predicted octanol–water partition coefficient (Wildman–Crippen LogP) is 1.99. The number of thioether (sulfide) groups is 1. The molecule has 3 rings (SSSR count). The van der Waals surface area contributed by atoms with Crippen LogP contribution in [0.25, 0.3) is 11.4 Å². The molecule has 1 aromatic carbocycles. The average molecular weight is 372 g/mol. The van der Waals surface area contributed by atoms with Crippen LogP contribution >= 0.6 is 11.8 Å². The summed E-state index contributed by atoms with van der Waals surface area (Å²) in [4.78, 5) is 26.2.